The van der Waals surface area contributed by atoms with Crippen LogP contribution >= 0.6 is 0 Å². The van der Waals surface area contributed by atoms with Crippen LogP contribution in [0.25, 0.3) is 0 Å². The number of carbonyl (C=O) groups is 7. The van der Waals surface area contributed by atoms with E-state index in [2.05, 4.69) is 21.3 Å². The van der Waals surface area contributed by atoms with E-state index in [1.165, 1.54) is 21.1 Å². The third kappa shape index (κ3) is 11.3. The Morgan fingerprint density at radius 1 is 0.568 bits per heavy atom. The van der Waals surface area contributed by atoms with E-state index in [0.717, 1.165) is 22.5 Å². The number of hydrogen-bond donors (Lipinski definition) is 4. The normalized spacial score (nSPS) is 15.5. The third-order valence-electron chi connectivity index (χ3n) is 12.9. The van der Waals surface area contributed by atoms with Crippen molar-refractivity contribution in [3.63, 3.8) is 0 Å². The number of nitrogens with zero attached hydrogens (tertiary/aromatic N) is 4. The molecule has 1 unspecified atom stereocenters. The van der Waals surface area contributed by atoms with E-state index in [1.807, 2.05) is 54.6 Å². The largest absolute Gasteiger partial charge is 0.493 e. The summed E-state index contributed by atoms with van der Waals surface area (Å²) in [5.41, 5.74) is 6.87. The Morgan fingerprint density at radius 2 is 1.03 bits per heavy atom. The number of anilines is 3. The van der Waals surface area contributed by atoms with Crippen molar-refractivity contribution < 1.29 is 52.5 Å². The van der Waals surface area contributed by atoms with Gasteiger partial charge in [-0.3, -0.25) is 48.6 Å². The fourth-order valence-corrected chi connectivity index (χ4v) is 9.32. The molecule has 2 atom stereocenters. The SMILES string of the molecule is COc1cc2c(cc1OCc1cc(COc3cc4c(cc3OC)C(=O)N3c5ccccc5C[C@H]3C=N4)cc(NC(=O)CNC(=O)CNC(=O)CNC(=O)CCCCC(C)=O)c1)N=CC1Cc3ccccc3N1C2=O. The number of amides is 6. The van der Waals surface area contributed by atoms with Gasteiger partial charge in [-0.25, -0.2) is 0 Å². The standard InChI is InChI=1S/C55H54N8O11/c1-32(64)10-4-9-15-50(65)58-27-51(66)59-28-52(67)60-29-53(68)61-37-17-33(30-73-48-23-42-40(21-46(48)71-2)54(69)62-38(25-56-42)19-35-11-5-7-13-44(35)62)16-34(18-37)31-74-49-24-43-41(22-47(49)72-3)55(70)63-39(26-57-43)20-36-12-6-8-14-45(36)63/h5-8,11-14,16-18,21-26,38-39H,4,9-10,15,19-20,27-31H2,1-3H3,(H,58,65)(H,59,66)(H,60,67)(H,61,68)/t38-,39?/m0/s1. The molecule has 19 nitrogen and oxygen atoms in total. The van der Waals surface area contributed by atoms with Gasteiger partial charge in [0.25, 0.3) is 11.8 Å². The van der Waals surface area contributed by atoms with E-state index in [9.17, 15) is 33.6 Å². The van der Waals surface area contributed by atoms with E-state index < -0.39 is 30.8 Å². The topological polar surface area (TPSA) is 236 Å². The molecule has 4 N–H and O–H groups in total. The van der Waals surface area contributed by atoms with Gasteiger partial charge in [-0.05, 0) is 84.5 Å². The lowest BCUT2D eigenvalue weighted by Gasteiger charge is -2.22. The molecule has 0 fully saturated rings. The van der Waals surface area contributed by atoms with Crippen molar-refractivity contribution in [1.29, 1.82) is 0 Å². The summed E-state index contributed by atoms with van der Waals surface area (Å²) >= 11 is 0. The molecular weight excluding hydrogens is 949 g/mol. The third-order valence-corrected chi connectivity index (χ3v) is 12.9. The summed E-state index contributed by atoms with van der Waals surface area (Å²) < 4.78 is 24.2. The summed E-state index contributed by atoms with van der Waals surface area (Å²) in [5.74, 6) is -1.30. The Morgan fingerprint density at radius 3 is 1.51 bits per heavy atom. The van der Waals surface area contributed by atoms with Crippen LogP contribution in [0.15, 0.2) is 101 Å². The van der Waals surface area contributed by atoms with E-state index in [0.29, 0.717) is 94.4 Å². The van der Waals surface area contributed by atoms with Crippen molar-refractivity contribution in [1.82, 2.24) is 16.0 Å². The second kappa shape index (κ2) is 22.3. The van der Waals surface area contributed by atoms with Gasteiger partial charge < -0.3 is 45.0 Å². The van der Waals surface area contributed by atoms with Crippen molar-refractivity contribution in [2.24, 2.45) is 9.98 Å². The molecular formula is C55H54N8O11. The first-order valence-electron chi connectivity index (χ1n) is 24.2. The number of ketones is 1. The van der Waals surface area contributed by atoms with Gasteiger partial charge in [0.2, 0.25) is 23.6 Å². The lowest BCUT2D eigenvalue weighted by atomic mass is 10.1. The highest BCUT2D eigenvalue weighted by Crippen LogP contribution is 2.43. The van der Waals surface area contributed by atoms with Crippen LogP contribution in [0.2, 0.25) is 0 Å². The van der Waals surface area contributed by atoms with Crippen LogP contribution in [-0.4, -0.2) is 99.6 Å². The molecule has 19 heteroatoms. The second-order valence-corrected chi connectivity index (χ2v) is 18.2. The zero-order valence-corrected chi connectivity index (χ0v) is 41.0. The number of fused-ring (bicyclic) bond motifs is 8. The number of methoxy groups -OCH3 is 2. The van der Waals surface area contributed by atoms with Crippen molar-refractivity contribution in [2.75, 3.05) is 49.0 Å². The minimum absolute atomic E-state index is 0.0395. The van der Waals surface area contributed by atoms with Crippen LogP contribution < -0.4 is 50.0 Å². The molecule has 0 saturated carbocycles. The van der Waals surface area contributed by atoms with Gasteiger partial charge in [-0.15, -0.1) is 0 Å². The van der Waals surface area contributed by atoms with E-state index in [1.54, 1.807) is 58.6 Å². The van der Waals surface area contributed by atoms with Gasteiger partial charge in [0.15, 0.2) is 23.0 Å². The van der Waals surface area contributed by atoms with Crippen molar-refractivity contribution in [2.45, 2.75) is 70.7 Å². The predicted octanol–water partition coefficient (Wildman–Crippen LogP) is 5.87. The number of nitrogens with one attached hydrogen (secondary N) is 4. The number of ether oxygens (including phenoxy) is 4. The highest BCUT2D eigenvalue weighted by molar-refractivity contribution is 6.16. The molecule has 74 heavy (non-hydrogen) atoms. The van der Waals surface area contributed by atoms with Gasteiger partial charge in [-0.1, -0.05) is 36.4 Å². The maximum Gasteiger partial charge on any atom is 0.261 e. The Labute approximate surface area is 426 Å². The van der Waals surface area contributed by atoms with Crippen LogP contribution in [-0.2, 0) is 50.0 Å². The lowest BCUT2D eigenvalue weighted by Crippen LogP contribution is -2.43. The molecule has 0 bridgehead atoms. The molecule has 0 spiro atoms. The first-order chi connectivity index (χ1) is 35.8. The molecule has 4 aliphatic rings. The minimum Gasteiger partial charge on any atom is -0.493 e. The van der Waals surface area contributed by atoms with Gasteiger partial charge in [0.05, 0.1) is 68.4 Å². The Kier molecular flexibility index (Phi) is 15.1. The van der Waals surface area contributed by atoms with Crippen molar-refractivity contribution in [3.05, 3.63) is 124 Å². The summed E-state index contributed by atoms with van der Waals surface area (Å²) in [6, 6.07) is 26.8. The molecule has 0 radical (unpaired) electrons. The average Bonchev–Trinajstić information content (AvgIpc) is 3.89. The predicted molar refractivity (Wildman–Crippen MR) is 276 cm³/mol. The number of Topliss-reactive ketones (excluding diaryl/α,β-unsaturated/α-hetero) is 1. The fourth-order valence-electron chi connectivity index (χ4n) is 9.32. The lowest BCUT2D eigenvalue weighted by molar-refractivity contribution is -0.128. The Bertz CT molecular complexity index is 2970. The number of aliphatic imine (C=N–C) groups is 2. The molecule has 4 heterocycles. The molecule has 6 amide bonds. The molecule has 4 aliphatic heterocycles. The Balaban J connectivity index is 0.892. The van der Waals surface area contributed by atoms with Crippen LogP contribution in [0.4, 0.5) is 28.4 Å². The van der Waals surface area contributed by atoms with E-state index >= 15 is 0 Å². The number of rotatable bonds is 20. The van der Waals surface area contributed by atoms with Crippen LogP contribution in [0.3, 0.4) is 0 Å². The van der Waals surface area contributed by atoms with Crippen LogP contribution in [0, 0.1) is 0 Å². The van der Waals surface area contributed by atoms with Crippen LogP contribution in [0.1, 0.15) is 75.6 Å². The molecule has 0 aromatic heterocycles. The summed E-state index contributed by atoms with van der Waals surface area (Å²) in [7, 11) is 2.96. The minimum atomic E-state index is -0.641. The van der Waals surface area contributed by atoms with Crippen molar-refractivity contribution in [3.8, 4) is 23.0 Å². The average molecular weight is 1000 g/mol. The monoisotopic (exact) mass is 1000 g/mol. The van der Waals surface area contributed by atoms with Gasteiger partial charge >= 0.3 is 0 Å². The summed E-state index contributed by atoms with van der Waals surface area (Å²) in [6.45, 7) is 0.185. The van der Waals surface area contributed by atoms with E-state index in [4.69, 9.17) is 28.9 Å². The number of hydrogen-bond acceptors (Lipinski definition) is 13. The molecule has 5 aromatic carbocycles. The number of carbonyl (C=O) groups excluding carboxylic acids is 7. The highest BCUT2D eigenvalue weighted by Gasteiger charge is 2.38. The maximum atomic E-state index is 14.0. The summed E-state index contributed by atoms with van der Waals surface area (Å²) in [5, 5.41) is 10.2. The summed E-state index contributed by atoms with van der Waals surface area (Å²) in [4.78, 5) is 102. The maximum absolute atomic E-state index is 14.0. The first kappa shape index (κ1) is 50.1. The fraction of sp³-hybridized carbons (Fsp3) is 0.291. The molecule has 380 valence electrons. The number of para-hydroxylation sites is 2. The van der Waals surface area contributed by atoms with Gasteiger partial charge in [0.1, 0.15) is 19.0 Å². The first-order valence-corrected chi connectivity index (χ1v) is 24.2. The smallest absolute Gasteiger partial charge is 0.261 e. The van der Waals surface area contributed by atoms with Gasteiger partial charge in [-0.2, -0.15) is 0 Å². The molecule has 0 saturated heterocycles. The quantitative estimate of drug-likeness (QED) is 0.0673. The Hall–Kier alpha value is -8.87. The number of unbranched alkanes of at least 4 members (excludes halogenated alkanes) is 1. The zero-order chi connectivity index (χ0) is 51.9. The molecule has 9 rings (SSSR count). The summed E-state index contributed by atoms with van der Waals surface area (Å²) in [6.07, 6.45) is 6.44. The van der Waals surface area contributed by atoms with Gasteiger partial charge in [0, 0.05) is 67.3 Å². The number of benzene rings is 5. The van der Waals surface area contributed by atoms with E-state index in [-0.39, 0.29) is 61.8 Å². The second-order valence-electron chi connectivity index (χ2n) is 18.2. The van der Waals surface area contributed by atoms with Crippen LogP contribution in [0.5, 0.6) is 23.0 Å². The zero-order valence-electron chi connectivity index (χ0n) is 41.0. The highest BCUT2D eigenvalue weighted by atomic mass is 16.5. The van der Waals surface area contributed by atoms with Crippen molar-refractivity contribution >= 4 is 82.1 Å². The molecule has 0 aliphatic carbocycles. The molecule has 5 aromatic rings.